The Morgan fingerprint density at radius 3 is 2.52 bits per heavy atom. The van der Waals surface area contributed by atoms with Gasteiger partial charge in [-0.2, -0.15) is 0 Å². The second-order valence-corrected chi connectivity index (χ2v) is 7.70. The third-order valence-electron chi connectivity index (χ3n) is 5.07. The van der Waals surface area contributed by atoms with Gasteiger partial charge >= 0.3 is 0 Å². The lowest BCUT2D eigenvalue weighted by Gasteiger charge is -2.17. The summed E-state index contributed by atoms with van der Waals surface area (Å²) in [5.41, 5.74) is 1.08. The highest BCUT2D eigenvalue weighted by Crippen LogP contribution is 2.19. The molecule has 1 saturated heterocycles. The van der Waals surface area contributed by atoms with Gasteiger partial charge in [0.15, 0.2) is 0 Å². The fraction of sp³-hybridized carbons (Fsp3) is 0.700. The fourth-order valence-corrected chi connectivity index (χ4v) is 3.56. The highest BCUT2D eigenvalue weighted by Gasteiger charge is 2.13. The molecule has 1 aromatic rings. The third kappa shape index (κ3) is 8.52. The van der Waals surface area contributed by atoms with Crippen LogP contribution in [0.5, 0.6) is 0 Å². The van der Waals surface area contributed by atoms with Crippen molar-refractivity contribution in [1.82, 2.24) is 0 Å². The van der Waals surface area contributed by atoms with Crippen LogP contribution in [0.4, 0.5) is 0 Å². The molecule has 0 aromatic heterocycles. The summed E-state index contributed by atoms with van der Waals surface area (Å²) in [7, 11) is 0. The average Bonchev–Trinajstić information content (AvgIpc) is 2.89. The molecule has 1 aliphatic rings. The van der Waals surface area contributed by atoms with Crippen molar-refractivity contribution >= 4 is 11.6 Å². The molecule has 0 spiro atoms. The van der Waals surface area contributed by atoms with Crippen LogP contribution in [-0.2, 0) is 4.74 Å². The molecule has 5 heteroatoms. The van der Waals surface area contributed by atoms with Crippen molar-refractivity contribution < 1.29 is 20.1 Å². The number of quaternary nitrogens is 2. The number of hydrogen-bond acceptors (Lipinski definition) is 2. The van der Waals surface area contributed by atoms with Crippen molar-refractivity contribution in [1.29, 1.82) is 0 Å². The summed E-state index contributed by atoms with van der Waals surface area (Å²) in [5, 5.41) is 13.0. The SMILES string of the molecule is C[C@H](OC[C@H](O)C[NH2+]CCC[NH+]1CCCCCC1)c1ccc(Cl)cc1. The summed E-state index contributed by atoms with van der Waals surface area (Å²) < 4.78 is 5.78. The molecule has 0 unspecified atom stereocenters. The molecule has 0 amide bonds. The van der Waals surface area contributed by atoms with E-state index < -0.39 is 6.10 Å². The number of halogens is 1. The van der Waals surface area contributed by atoms with Crippen molar-refractivity contribution in [2.24, 2.45) is 0 Å². The van der Waals surface area contributed by atoms with Crippen molar-refractivity contribution in [2.45, 2.75) is 51.2 Å². The minimum Gasteiger partial charge on any atom is -0.385 e. The molecule has 4 nitrogen and oxygen atoms in total. The van der Waals surface area contributed by atoms with Crippen molar-refractivity contribution in [3.8, 4) is 0 Å². The van der Waals surface area contributed by atoms with Gasteiger partial charge in [0, 0.05) is 11.4 Å². The smallest absolute Gasteiger partial charge is 0.126 e. The average molecular weight is 371 g/mol. The van der Waals surface area contributed by atoms with Gasteiger partial charge in [-0.1, -0.05) is 23.7 Å². The molecule has 4 N–H and O–H groups in total. The molecular weight excluding hydrogens is 336 g/mol. The van der Waals surface area contributed by atoms with E-state index in [1.165, 1.54) is 51.7 Å². The third-order valence-corrected chi connectivity index (χ3v) is 5.32. The van der Waals surface area contributed by atoms with Gasteiger partial charge < -0.3 is 20.1 Å². The molecule has 1 aromatic carbocycles. The quantitative estimate of drug-likeness (QED) is 0.542. The van der Waals surface area contributed by atoms with Crippen LogP contribution in [0.1, 0.15) is 50.7 Å². The van der Waals surface area contributed by atoms with E-state index in [0.29, 0.717) is 13.2 Å². The van der Waals surface area contributed by atoms with Crippen LogP contribution in [0.15, 0.2) is 24.3 Å². The number of nitrogens with one attached hydrogen (secondary N) is 1. The van der Waals surface area contributed by atoms with Gasteiger partial charge in [-0.25, -0.2) is 0 Å². The monoisotopic (exact) mass is 370 g/mol. The topological polar surface area (TPSA) is 50.5 Å². The zero-order chi connectivity index (χ0) is 17.9. The maximum Gasteiger partial charge on any atom is 0.126 e. The van der Waals surface area contributed by atoms with Gasteiger partial charge in [0.05, 0.1) is 38.9 Å². The minimum atomic E-state index is -0.416. The molecule has 2 atom stereocenters. The summed E-state index contributed by atoms with van der Waals surface area (Å²) >= 11 is 5.90. The second-order valence-electron chi connectivity index (χ2n) is 7.26. The first-order valence-electron chi connectivity index (χ1n) is 9.85. The van der Waals surface area contributed by atoms with Crippen LogP contribution in [-0.4, -0.2) is 50.5 Å². The molecule has 0 radical (unpaired) electrons. The molecule has 1 heterocycles. The number of aliphatic hydroxyl groups excluding tert-OH is 1. The van der Waals surface area contributed by atoms with Crippen molar-refractivity contribution in [3.63, 3.8) is 0 Å². The Morgan fingerprint density at radius 1 is 1.16 bits per heavy atom. The van der Waals surface area contributed by atoms with E-state index in [9.17, 15) is 5.11 Å². The minimum absolute atomic E-state index is 0.0291. The van der Waals surface area contributed by atoms with E-state index in [0.717, 1.165) is 17.1 Å². The lowest BCUT2D eigenvalue weighted by Crippen LogP contribution is -3.12. The molecular formula is C20H35ClN2O2+2. The van der Waals surface area contributed by atoms with Gasteiger partial charge in [0.2, 0.25) is 0 Å². The molecule has 25 heavy (non-hydrogen) atoms. The molecule has 0 aliphatic carbocycles. The highest BCUT2D eigenvalue weighted by atomic mass is 35.5. The molecule has 1 aliphatic heterocycles. The van der Waals surface area contributed by atoms with E-state index in [4.69, 9.17) is 16.3 Å². The van der Waals surface area contributed by atoms with E-state index in [1.54, 1.807) is 4.90 Å². The Kier molecular flexibility index (Phi) is 9.81. The summed E-state index contributed by atoms with van der Waals surface area (Å²) in [6.45, 7) is 8.14. The highest BCUT2D eigenvalue weighted by molar-refractivity contribution is 6.30. The zero-order valence-corrected chi connectivity index (χ0v) is 16.3. The number of nitrogens with two attached hydrogens (primary N) is 1. The lowest BCUT2D eigenvalue weighted by atomic mass is 10.1. The standard InChI is InChI=1S/C20H33ClN2O2/c1-17(18-7-9-19(21)10-8-18)25-16-20(24)15-22-11-6-14-23-12-4-2-3-5-13-23/h7-10,17,20,22,24H,2-6,11-16H2,1H3/p+2/t17-,20+/m0/s1. The predicted octanol–water partition coefficient (Wildman–Crippen LogP) is 1.19. The predicted molar refractivity (Wildman–Crippen MR) is 102 cm³/mol. The Morgan fingerprint density at radius 2 is 1.84 bits per heavy atom. The Balaban J connectivity index is 1.51. The second kappa shape index (κ2) is 11.9. The number of aliphatic hydroxyl groups is 1. The summed E-state index contributed by atoms with van der Waals surface area (Å²) in [5.74, 6) is 0. The van der Waals surface area contributed by atoms with Crippen LogP contribution >= 0.6 is 11.6 Å². The van der Waals surface area contributed by atoms with Crippen LogP contribution in [0, 0.1) is 0 Å². The summed E-state index contributed by atoms with van der Waals surface area (Å²) in [4.78, 5) is 1.77. The van der Waals surface area contributed by atoms with E-state index in [1.807, 2.05) is 31.2 Å². The van der Waals surface area contributed by atoms with Crippen molar-refractivity contribution in [2.75, 3.05) is 39.3 Å². The first-order valence-corrected chi connectivity index (χ1v) is 10.2. The number of hydrogen-bond donors (Lipinski definition) is 3. The molecule has 2 rings (SSSR count). The first-order chi connectivity index (χ1) is 12.1. The first kappa shape index (κ1) is 20.7. The van der Waals surface area contributed by atoms with Gasteiger partial charge in [0.1, 0.15) is 12.6 Å². The summed E-state index contributed by atoms with van der Waals surface area (Å²) in [6, 6.07) is 7.67. The number of ether oxygens (including phenoxy) is 1. The number of likely N-dealkylation sites (tertiary alicyclic amines) is 1. The van der Waals surface area contributed by atoms with E-state index >= 15 is 0 Å². The van der Waals surface area contributed by atoms with E-state index in [2.05, 4.69) is 5.32 Å². The van der Waals surface area contributed by atoms with Crippen molar-refractivity contribution in [3.05, 3.63) is 34.9 Å². The molecule has 1 fully saturated rings. The molecule has 142 valence electrons. The van der Waals surface area contributed by atoms with Gasteiger partial charge in [-0.3, -0.25) is 0 Å². The summed E-state index contributed by atoms with van der Waals surface area (Å²) in [6.07, 6.45) is 6.39. The zero-order valence-electron chi connectivity index (χ0n) is 15.6. The maximum atomic E-state index is 10.1. The lowest BCUT2D eigenvalue weighted by molar-refractivity contribution is -0.900. The number of rotatable bonds is 10. The van der Waals surface area contributed by atoms with E-state index in [-0.39, 0.29) is 6.10 Å². The van der Waals surface area contributed by atoms with Crippen LogP contribution in [0.25, 0.3) is 0 Å². The number of benzene rings is 1. The van der Waals surface area contributed by atoms with Gasteiger partial charge in [0.25, 0.3) is 0 Å². The normalized spacial score (nSPS) is 18.7. The van der Waals surface area contributed by atoms with Crippen LogP contribution < -0.4 is 10.2 Å². The Labute approximate surface area is 157 Å². The Bertz CT molecular complexity index is 461. The molecule has 0 bridgehead atoms. The maximum absolute atomic E-state index is 10.1. The van der Waals surface area contributed by atoms with Crippen LogP contribution in [0.3, 0.4) is 0 Å². The van der Waals surface area contributed by atoms with Crippen LogP contribution in [0.2, 0.25) is 5.02 Å². The fourth-order valence-electron chi connectivity index (χ4n) is 3.44. The van der Waals surface area contributed by atoms with Gasteiger partial charge in [-0.05, 0) is 50.3 Å². The van der Waals surface area contributed by atoms with Gasteiger partial charge in [-0.15, -0.1) is 0 Å². The largest absolute Gasteiger partial charge is 0.385 e. The molecule has 0 saturated carbocycles. The Hall–Kier alpha value is -0.650.